The van der Waals surface area contributed by atoms with Crippen LogP contribution >= 0.6 is 0 Å². The fourth-order valence-corrected chi connectivity index (χ4v) is 3.47. The summed E-state index contributed by atoms with van der Waals surface area (Å²) in [5.74, 6) is 1.63. The van der Waals surface area contributed by atoms with Gasteiger partial charge in [0.25, 0.3) is 0 Å². The molecule has 1 aromatic heterocycles. The molecule has 5 heteroatoms. The Kier molecular flexibility index (Phi) is 6.04. The predicted molar refractivity (Wildman–Crippen MR) is 111 cm³/mol. The smallest absolute Gasteiger partial charge is 0.137 e. The lowest BCUT2D eigenvalue weighted by Gasteiger charge is -2.26. The van der Waals surface area contributed by atoms with Crippen LogP contribution in [0.4, 0.5) is 0 Å². The van der Waals surface area contributed by atoms with E-state index in [-0.39, 0.29) is 0 Å². The molecule has 0 spiro atoms. The highest BCUT2D eigenvalue weighted by Crippen LogP contribution is 2.24. The van der Waals surface area contributed by atoms with Crippen LogP contribution in [0.2, 0.25) is 0 Å². The van der Waals surface area contributed by atoms with E-state index in [9.17, 15) is 0 Å². The minimum atomic E-state index is 0.780. The zero-order valence-electron chi connectivity index (χ0n) is 16.3. The third-order valence-electron chi connectivity index (χ3n) is 5.03. The van der Waals surface area contributed by atoms with Crippen molar-refractivity contribution in [3.63, 3.8) is 0 Å². The van der Waals surface area contributed by atoms with Gasteiger partial charge in [0, 0.05) is 43.2 Å². The van der Waals surface area contributed by atoms with Gasteiger partial charge in [-0.2, -0.15) is 0 Å². The highest BCUT2D eigenvalue weighted by Gasteiger charge is 2.10. The van der Waals surface area contributed by atoms with E-state index in [1.165, 1.54) is 0 Å². The monoisotopic (exact) mass is 378 g/mol. The van der Waals surface area contributed by atoms with Crippen LogP contribution in [0.3, 0.4) is 0 Å². The minimum absolute atomic E-state index is 0.780. The molecule has 0 aliphatic carbocycles. The maximum absolute atomic E-state index is 6.15. The summed E-state index contributed by atoms with van der Waals surface area (Å²) < 4.78 is 17.0. The Balaban J connectivity index is 1.63. The molecule has 2 aromatic carbocycles. The lowest BCUT2D eigenvalue weighted by atomic mass is 10.1. The van der Waals surface area contributed by atoms with Gasteiger partial charge >= 0.3 is 0 Å². The average molecular weight is 378 g/mol. The molecule has 1 saturated heterocycles. The van der Waals surface area contributed by atoms with Crippen molar-refractivity contribution in [3.05, 3.63) is 60.0 Å². The summed E-state index contributed by atoms with van der Waals surface area (Å²) in [6.07, 6.45) is 1.03. The molecule has 0 amide bonds. The molecule has 0 bridgehead atoms. The van der Waals surface area contributed by atoms with Crippen molar-refractivity contribution in [1.82, 2.24) is 4.90 Å². The number of methoxy groups -OCH3 is 1. The molecular formula is C23H26N2O3. The SMILES string of the molecule is COc1ccc2oc(-c3ccccc3)cc(=NCCCN3CCOCC3)c2c1. The van der Waals surface area contributed by atoms with Crippen LogP contribution in [0.15, 0.2) is 64.0 Å². The molecule has 5 nitrogen and oxygen atoms in total. The first-order chi connectivity index (χ1) is 13.8. The van der Waals surface area contributed by atoms with E-state index >= 15 is 0 Å². The highest BCUT2D eigenvalue weighted by atomic mass is 16.5. The second-order valence-corrected chi connectivity index (χ2v) is 6.91. The van der Waals surface area contributed by atoms with Crippen molar-refractivity contribution in [1.29, 1.82) is 0 Å². The average Bonchev–Trinajstić information content (AvgIpc) is 2.77. The summed E-state index contributed by atoms with van der Waals surface area (Å²) in [4.78, 5) is 7.35. The zero-order chi connectivity index (χ0) is 19.2. The Hall–Kier alpha value is -2.63. The van der Waals surface area contributed by atoms with Crippen LogP contribution < -0.4 is 10.1 Å². The molecule has 28 heavy (non-hydrogen) atoms. The Bertz CT molecular complexity index is 976. The second kappa shape index (κ2) is 9.04. The highest BCUT2D eigenvalue weighted by molar-refractivity contribution is 5.80. The van der Waals surface area contributed by atoms with Gasteiger partial charge in [-0.3, -0.25) is 9.89 Å². The molecule has 0 saturated carbocycles. The summed E-state index contributed by atoms with van der Waals surface area (Å²) in [6.45, 7) is 5.54. The molecule has 4 rings (SSSR count). The Morgan fingerprint density at radius 1 is 1.04 bits per heavy atom. The van der Waals surface area contributed by atoms with Gasteiger partial charge in [-0.15, -0.1) is 0 Å². The first-order valence-corrected chi connectivity index (χ1v) is 9.81. The number of hydrogen-bond acceptors (Lipinski definition) is 5. The van der Waals surface area contributed by atoms with E-state index in [1.807, 2.05) is 42.5 Å². The summed E-state index contributed by atoms with van der Waals surface area (Å²) in [6, 6.07) is 18.0. The normalized spacial score (nSPS) is 15.8. The van der Waals surface area contributed by atoms with Crippen LogP contribution in [0.5, 0.6) is 5.75 Å². The van der Waals surface area contributed by atoms with Crippen LogP contribution in [0.1, 0.15) is 6.42 Å². The van der Waals surface area contributed by atoms with Gasteiger partial charge in [0.15, 0.2) is 0 Å². The number of ether oxygens (including phenoxy) is 2. The summed E-state index contributed by atoms with van der Waals surface area (Å²) in [5.41, 5.74) is 1.86. The maximum Gasteiger partial charge on any atom is 0.137 e. The number of rotatable bonds is 6. The molecule has 1 fully saturated rings. The zero-order valence-corrected chi connectivity index (χ0v) is 16.3. The molecule has 0 unspecified atom stereocenters. The van der Waals surface area contributed by atoms with E-state index in [0.717, 1.165) is 79.2 Å². The third-order valence-corrected chi connectivity index (χ3v) is 5.03. The molecule has 1 aliphatic rings. The molecule has 146 valence electrons. The fourth-order valence-electron chi connectivity index (χ4n) is 3.47. The molecule has 1 aliphatic heterocycles. The van der Waals surface area contributed by atoms with Crippen molar-refractivity contribution < 1.29 is 13.9 Å². The number of nitrogens with zero attached hydrogens (tertiary/aromatic N) is 2. The van der Waals surface area contributed by atoms with Gasteiger partial charge in [0.2, 0.25) is 0 Å². The lowest BCUT2D eigenvalue weighted by molar-refractivity contribution is 0.0377. The fraction of sp³-hybridized carbons (Fsp3) is 0.348. The Morgan fingerprint density at radius 2 is 1.86 bits per heavy atom. The summed E-state index contributed by atoms with van der Waals surface area (Å²) >= 11 is 0. The van der Waals surface area contributed by atoms with Gasteiger partial charge in [-0.25, -0.2) is 0 Å². The number of morpholine rings is 1. The van der Waals surface area contributed by atoms with Crippen molar-refractivity contribution in [2.45, 2.75) is 6.42 Å². The quantitative estimate of drug-likeness (QED) is 0.613. The molecule has 0 radical (unpaired) electrons. The molecule has 3 aromatic rings. The number of benzene rings is 2. The Morgan fingerprint density at radius 3 is 2.64 bits per heavy atom. The summed E-state index contributed by atoms with van der Waals surface area (Å²) in [5, 5.41) is 1.92. The Labute approximate surface area is 165 Å². The predicted octanol–water partition coefficient (Wildman–Crippen LogP) is 3.73. The molecule has 2 heterocycles. The molecular weight excluding hydrogens is 352 g/mol. The van der Waals surface area contributed by atoms with Crippen molar-refractivity contribution in [3.8, 4) is 17.1 Å². The van der Waals surface area contributed by atoms with Crippen molar-refractivity contribution in [2.75, 3.05) is 46.5 Å². The van der Waals surface area contributed by atoms with Gasteiger partial charge in [0.1, 0.15) is 17.1 Å². The largest absolute Gasteiger partial charge is 0.497 e. The van der Waals surface area contributed by atoms with Crippen LogP contribution in [-0.2, 0) is 4.74 Å². The molecule has 0 N–H and O–H groups in total. The number of fused-ring (bicyclic) bond motifs is 1. The van der Waals surface area contributed by atoms with E-state index < -0.39 is 0 Å². The van der Waals surface area contributed by atoms with Gasteiger partial charge < -0.3 is 13.9 Å². The van der Waals surface area contributed by atoms with Crippen LogP contribution in [0, 0.1) is 0 Å². The van der Waals surface area contributed by atoms with Crippen LogP contribution in [0.25, 0.3) is 22.3 Å². The van der Waals surface area contributed by atoms with Crippen LogP contribution in [-0.4, -0.2) is 51.4 Å². The van der Waals surface area contributed by atoms with E-state index in [1.54, 1.807) is 7.11 Å². The van der Waals surface area contributed by atoms with Gasteiger partial charge in [-0.05, 0) is 24.6 Å². The van der Waals surface area contributed by atoms with E-state index in [2.05, 4.69) is 17.0 Å². The first kappa shape index (κ1) is 18.7. The molecule has 0 atom stereocenters. The van der Waals surface area contributed by atoms with Gasteiger partial charge in [-0.1, -0.05) is 30.3 Å². The van der Waals surface area contributed by atoms with E-state index in [0.29, 0.717) is 0 Å². The maximum atomic E-state index is 6.15. The van der Waals surface area contributed by atoms with Crippen molar-refractivity contribution >= 4 is 11.0 Å². The van der Waals surface area contributed by atoms with E-state index in [4.69, 9.17) is 18.9 Å². The van der Waals surface area contributed by atoms with Gasteiger partial charge in [0.05, 0.1) is 25.7 Å². The minimum Gasteiger partial charge on any atom is -0.497 e. The topological polar surface area (TPSA) is 47.2 Å². The standard InChI is InChI=1S/C23H26N2O3/c1-26-19-8-9-22-20(16-19)21(17-23(28-22)18-6-3-2-4-7-18)24-10-5-11-25-12-14-27-15-13-25/h2-4,6-9,16-17H,5,10-15H2,1H3. The first-order valence-electron chi connectivity index (χ1n) is 9.81. The lowest BCUT2D eigenvalue weighted by Crippen LogP contribution is -2.37. The summed E-state index contributed by atoms with van der Waals surface area (Å²) in [7, 11) is 1.68. The number of hydrogen-bond donors (Lipinski definition) is 0. The second-order valence-electron chi connectivity index (χ2n) is 6.91. The van der Waals surface area contributed by atoms with Crippen molar-refractivity contribution in [2.24, 2.45) is 4.99 Å². The third kappa shape index (κ3) is 4.43.